The molecule has 27 heavy (non-hydrogen) atoms. The predicted octanol–water partition coefficient (Wildman–Crippen LogP) is 2.33. The van der Waals surface area contributed by atoms with Gasteiger partial charge in [0.05, 0.1) is 11.9 Å². The molecule has 2 atom stereocenters. The van der Waals surface area contributed by atoms with Crippen molar-refractivity contribution in [3.63, 3.8) is 0 Å². The van der Waals surface area contributed by atoms with Crippen LogP contribution >= 0.6 is 24.0 Å². The van der Waals surface area contributed by atoms with Crippen molar-refractivity contribution in [2.45, 2.75) is 60.0 Å². The second-order valence-electron chi connectivity index (χ2n) is 7.86. The maximum absolute atomic E-state index is 11.4. The van der Waals surface area contributed by atoms with Crippen LogP contribution in [0.15, 0.2) is 4.99 Å². The van der Waals surface area contributed by atoms with Crippen molar-refractivity contribution >= 4 is 40.0 Å². The van der Waals surface area contributed by atoms with Gasteiger partial charge in [-0.1, -0.05) is 20.8 Å². The van der Waals surface area contributed by atoms with Gasteiger partial charge in [0, 0.05) is 38.7 Å². The zero-order valence-corrected chi connectivity index (χ0v) is 20.7. The summed E-state index contributed by atoms with van der Waals surface area (Å²) in [7, 11) is -3.11. The van der Waals surface area contributed by atoms with Crippen LogP contribution in [-0.2, 0) is 14.8 Å². The Bertz CT molecular complexity index is 535. The monoisotopic (exact) mass is 518 g/mol. The number of hydrogen-bond acceptors (Lipinski definition) is 4. The summed E-state index contributed by atoms with van der Waals surface area (Å²) in [6.07, 6.45) is 3.17. The average molecular weight is 519 g/mol. The Morgan fingerprint density at radius 1 is 1.19 bits per heavy atom. The lowest BCUT2D eigenvalue weighted by atomic mass is 9.78. The molecule has 1 fully saturated rings. The van der Waals surface area contributed by atoms with Gasteiger partial charge in [-0.15, -0.1) is 24.0 Å². The van der Waals surface area contributed by atoms with Crippen LogP contribution < -0.4 is 15.4 Å². The second-order valence-corrected chi connectivity index (χ2v) is 9.95. The Balaban J connectivity index is 0.00000676. The highest BCUT2D eigenvalue weighted by atomic mass is 127. The molecule has 1 saturated heterocycles. The van der Waals surface area contributed by atoms with Gasteiger partial charge in [-0.3, -0.25) is 4.99 Å². The molecule has 0 saturated carbocycles. The molecule has 0 bridgehead atoms. The van der Waals surface area contributed by atoms with Gasteiger partial charge >= 0.3 is 0 Å². The quantitative estimate of drug-likeness (QED) is 0.189. The van der Waals surface area contributed by atoms with Crippen molar-refractivity contribution in [3.8, 4) is 0 Å². The number of aliphatic imine (C=N–C) groups is 1. The van der Waals surface area contributed by atoms with Crippen molar-refractivity contribution in [2.75, 3.05) is 38.5 Å². The Labute approximate surface area is 183 Å². The van der Waals surface area contributed by atoms with Gasteiger partial charge < -0.3 is 15.4 Å². The number of hydrogen-bond donors (Lipinski definition) is 3. The van der Waals surface area contributed by atoms with E-state index in [1.54, 1.807) is 6.92 Å². The minimum Gasteiger partial charge on any atom is -0.377 e. The number of ether oxygens (including phenoxy) is 1. The lowest BCUT2D eigenvalue weighted by molar-refractivity contribution is -0.0823. The minimum absolute atomic E-state index is 0. The number of nitrogens with one attached hydrogen (secondary N) is 3. The highest BCUT2D eigenvalue weighted by Gasteiger charge is 2.35. The predicted molar refractivity (Wildman–Crippen MR) is 123 cm³/mol. The van der Waals surface area contributed by atoms with E-state index in [0.717, 1.165) is 38.5 Å². The fourth-order valence-corrected chi connectivity index (χ4v) is 3.82. The van der Waals surface area contributed by atoms with Crippen molar-refractivity contribution in [3.05, 3.63) is 0 Å². The Morgan fingerprint density at radius 2 is 1.89 bits per heavy atom. The van der Waals surface area contributed by atoms with Crippen LogP contribution in [0.4, 0.5) is 0 Å². The largest absolute Gasteiger partial charge is 0.377 e. The van der Waals surface area contributed by atoms with Gasteiger partial charge in [-0.25, -0.2) is 13.1 Å². The molecule has 0 aromatic rings. The van der Waals surface area contributed by atoms with E-state index in [1.807, 2.05) is 6.92 Å². The fraction of sp³-hybridized carbons (Fsp3) is 0.944. The summed E-state index contributed by atoms with van der Waals surface area (Å²) < 4.78 is 31.4. The molecule has 1 aliphatic heterocycles. The molecule has 1 rings (SSSR count). The minimum atomic E-state index is -3.11. The highest BCUT2D eigenvalue weighted by molar-refractivity contribution is 14.0. The van der Waals surface area contributed by atoms with Crippen LogP contribution in [0.5, 0.6) is 0 Å². The third kappa shape index (κ3) is 10.8. The average Bonchev–Trinajstić information content (AvgIpc) is 2.58. The van der Waals surface area contributed by atoms with Gasteiger partial charge in [0.25, 0.3) is 0 Å². The molecule has 0 aromatic carbocycles. The third-order valence-corrected chi connectivity index (χ3v) is 5.88. The Morgan fingerprint density at radius 3 is 2.48 bits per heavy atom. The van der Waals surface area contributed by atoms with E-state index < -0.39 is 10.0 Å². The zero-order chi connectivity index (χ0) is 19.6. The van der Waals surface area contributed by atoms with Gasteiger partial charge in [-0.2, -0.15) is 0 Å². The lowest BCUT2D eigenvalue weighted by Gasteiger charge is -2.39. The van der Waals surface area contributed by atoms with E-state index in [9.17, 15) is 8.42 Å². The van der Waals surface area contributed by atoms with Crippen LogP contribution in [0.25, 0.3) is 0 Å². The second kappa shape index (κ2) is 13.2. The van der Waals surface area contributed by atoms with E-state index in [1.165, 1.54) is 0 Å². The molecule has 1 aliphatic rings. The molecule has 0 aliphatic carbocycles. The molecule has 0 radical (unpaired) electrons. The van der Waals surface area contributed by atoms with E-state index in [0.29, 0.717) is 25.4 Å². The summed E-state index contributed by atoms with van der Waals surface area (Å²) >= 11 is 0. The highest BCUT2D eigenvalue weighted by Crippen LogP contribution is 2.34. The van der Waals surface area contributed by atoms with E-state index in [4.69, 9.17) is 9.73 Å². The first-order valence-electron chi connectivity index (χ1n) is 9.80. The van der Waals surface area contributed by atoms with Crippen molar-refractivity contribution in [1.29, 1.82) is 0 Å². The lowest BCUT2D eigenvalue weighted by Crippen LogP contribution is -2.43. The molecule has 3 N–H and O–H groups in total. The van der Waals surface area contributed by atoms with Crippen molar-refractivity contribution in [1.82, 2.24) is 15.4 Å². The first-order valence-corrected chi connectivity index (χ1v) is 11.5. The fourth-order valence-electron chi connectivity index (χ4n) is 3.16. The van der Waals surface area contributed by atoms with Gasteiger partial charge in [0.1, 0.15) is 0 Å². The van der Waals surface area contributed by atoms with Crippen LogP contribution in [0.2, 0.25) is 0 Å². The molecular weight excluding hydrogens is 479 g/mol. The SMILES string of the molecule is CCNC(=NCC1CCCOC1C(C)(C)C)NCCCNS(=O)(=O)CC.I. The summed E-state index contributed by atoms with van der Waals surface area (Å²) in [4.78, 5) is 4.74. The molecule has 0 amide bonds. The smallest absolute Gasteiger partial charge is 0.211 e. The van der Waals surface area contributed by atoms with Crippen LogP contribution in [0.3, 0.4) is 0 Å². The Hall–Kier alpha value is -0.130. The number of halogens is 1. The normalized spacial score (nSPS) is 21.4. The molecule has 7 nitrogen and oxygen atoms in total. The summed E-state index contributed by atoms with van der Waals surface area (Å²) in [6.45, 7) is 13.8. The van der Waals surface area contributed by atoms with Crippen LogP contribution in [-0.4, -0.2) is 59.0 Å². The van der Waals surface area contributed by atoms with E-state index in [2.05, 4.69) is 36.1 Å². The summed E-state index contributed by atoms with van der Waals surface area (Å²) in [6, 6.07) is 0. The summed E-state index contributed by atoms with van der Waals surface area (Å²) in [5, 5.41) is 6.53. The maximum atomic E-state index is 11.4. The molecule has 1 heterocycles. The zero-order valence-electron chi connectivity index (χ0n) is 17.5. The van der Waals surface area contributed by atoms with Crippen molar-refractivity contribution in [2.24, 2.45) is 16.3 Å². The standard InChI is InChI=1S/C18H38N4O3S.HI/c1-6-19-17(20-11-9-12-22-26(23,24)7-2)21-14-15-10-8-13-25-16(15)18(3,4)5;/h15-16,22H,6-14H2,1-5H3,(H2,19,20,21);1H. The van der Waals surface area contributed by atoms with Gasteiger partial charge in [0.2, 0.25) is 10.0 Å². The third-order valence-electron chi connectivity index (χ3n) is 4.47. The van der Waals surface area contributed by atoms with E-state index in [-0.39, 0.29) is 41.2 Å². The van der Waals surface area contributed by atoms with Gasteiger partial charge in [-0.05, 0) is 38.5 Å². The van der Waals surface area contributed by atoms with Crippen LogP contribution in [0, 0.1) is 11.3 Å². The molecule has 2 unspecified atom stereocenters. The molecule has 9 heteroatoms. The van der Waals surface area contributed by atoms with Gasteiger partial charge in [0.15, 0.2) is 5.96 Å². The van der Waals surface area contributed by atoms with Crippen LogP contribution in [0.1, 0.15) is 53.9 Å². The molecular formula is C18H39IN4O3S. The first-order chi connectivity index (χ1) is 12.2. The first kappa shape index (κ1) is 26.9. The topological polar surface area (TPSA) is 91.8 Å². The maximum Gasteiger partial charge on any atom is 0.211 e. The summed E-state index contributed by atoms with van der Waals surface area (Å²) in [5.74, 6) is 1.32. The van der Waals surface area contributed by atoms with E-state index >= 15 is 0 Å². The van der Waals surface area contributed by atoms with Crippen molar-refractivity contribution < 1.29 is 13.2 Å². The number of nitrogens with zero attached hydrogens (tertiary/aromatic N) is 1. The summed E-state index contributed by atoms with van der Waals surface area (Å²) in [5.41, 5.74) is 0.114. The number of rotatable bonds is 9. The number of sulfonamides is 1. The number of guanidine groups is 1. The molecule has 162 valence electrons. The molecule has 0 aromatic heterocycles. The Kier molecular flexibility index (Phi) is 13.1. The molecule has 0 spiro atoms.